The second-order valence-electron chi connectivity index (χ2n) is 2.86. The Morgan fingerprint density at radius 1 is 1.50 bits per heavy atom. The highest BCUT2D eigenvalue weighted by Gasteiger charge is 2.05. The van der Waals surface area contributed by atoms with Gasteiger partial charge in [0.15, 0.2) is 9.84 Å². The Hall–Kier alpha value is -0.840. The van der Waals surface area contributed by atoms with Crippen molar-refractivity contribution >= 4 is 15.8 Å². The van der Waals surface area contributed by atoms with Gasteiger partial charge in [-0.3, -0.25) is 4.79 Å². The van der Waals surface area contributed by atoms with Gasteiger partial charge in [-0.05, 0) is 12.8 Å². The van der Waals surface area contributed by atoms with Crippen molar-refractivity contribution in [1.82, 2.24) is 0 Å². The monoisotopic (exact) mass is 220 g/mol. The van der Waals surface area contributed by atoms with E-state index in [4.69, 9.17) is 4.74 Å². The second-order valence-corrected chi connectivity index (χ2v) is 4.92. The quantitative estimate of drug-likeness (QED) is 0.479. The Kier molecular flexibility index (Phi) is 6.19. The summed E-state index contributed by atoms with van der Waals surface area (Å²) in [5.74, 6) is -0.292. The van der Waals surface area contributed by atoms with Crippen LogP contribution >= 0.6 is 0 Å². The van der Waals surface area contributed by atoms with Gasteiger partial charge in [-0.15, -0.1) is 0 Å². The number of ether oxygens (including phenoxy) is 1. The molecule has 0 aromatic heterocycles. The molecule has 14 heavy (non-hydrogen) atoms. The van der Waals surface area contributed by atoms with Crippen LogP contribution in [0.2, 0.25) is 0 Å². The van der Waals surface area contributed by atoms with Crippen LogP contribution in [0.3, 0.4) is 0 Å². The third-order valence-corrected chi connectivity index (χ3v) is 2.91. The van der Waals surface area contributed by atoms with E-state index in [1.54, 1.807) is 0 Å². The molecule has 0 atom stereocenters. The Labute approximate surface area is 84.9 Å². The lowest BCUT2D eigenvalue weighted by Gasteiger charge is -2.02. The van der Waals surface area contributed by atoms with Crippen molar-refractivity contribution in [2.75, 3.05) is 12.4 Å². The molecule has 0 saturated carbocycles. The van der Waals surface area contributed by atoms with Gasteiger partial charge in [0.1, 0.15) is 0 Å². The average molecular weight is 220 g/mol. The number of hydrogen-bond donors (Lipinski definition) is 0. The van der Waals surface area contributed by atoms with Crippen molar-refractivity contribution in [3.05, 3.63) is 12.0 Å². The van der Waals surface area contributed by atoms with Gasteiger partial charge in [0.25, 0.3) is 0 Å². The van der Waals surface area contributed by atoms with Crippen molar-refractivity contribution in [3.8, 4) is 0 Å². The van der Waals surface area contributed by atoms with Gasteiger partial charge >= 0.3 is 5.97 Å². The molecule has 0 saturated heterocycles. The van der Waals surface area contributed by atoms with Crippen LogP contribution in [-0.2, 0) is 19.4 Å². The highest BCUT2D eigenvalue weighted by atomic mass is 32.2. The van der Waals surface area contributed by atoms with Crippen LogP contribution in [-0.4, -0.2) is 26.7 Å². The van der Waals surface area contributed by atoms with Crippen molar-refractivity contribution < 1.29 is 17.9 Å². The first-order chi connectivity index (χ1) is 6.52. The number of carbonyl (C=O) groups excluding carboxylic acids is 1. The van der Waals surface area contributed by atoms with Crippen molar-refractivity contribution in [2.24, 2.45) is 0 Å². The lowest BCUT2D eigenvalue weighted by atomic mass is 10.3. The zero-order valence-corrected chi connectivity index (χ0v) is 9.18. The van der Waals surface area contributed by atoms with E-state index in [-0.39, 0.29) is 18.3 Å². The Bertz CT molecular complexity index is 279. The minimum atomic E-state index is -3.16. The predicted molar refractivity (Wildman–Crippen MR) is 54.5 cm³/mol. The smallest absolute Gasteiger partial charge is 0.305 e. The molecule has 0 N–H and O–H groups in total. The summed E-state index contributed by atoms with van der Waals surface area (Å²) in [7, 11) is -3.16. The molecule has 0 aliphatic heterocycles. The summed E-state index contributed by atoms with van der Waals surface area (Å²) in [6, 6.07) is 0. The van der Waals surface area contributed by atoms with Gasteiger partial charge in [-0.1, -0.05) is 13.5 Å². The maximum atomic E-state index is 10.9. The molecule has 0 aliphatic rings. The molecule has 0 radical (unpaired) electrons. The van der Waals surface area contributed by atoms with E-state index >= 15 is 0 Å². The highest BCUT2D eigenvalue weighted by Crippen LogP contribution is 1.97. The molecule has 82 valence electrons. The first-order valence-corrected chi connectivity index (χ1v) is 6.24. The Morgan fingerprint density at radius 2 is 2.14 bits per heavy atom. The number of carbonyl (C=O) groups is 1. The largest absolute Gasteiger partial charge is 0.466 e. The predicted octanol–water partition coefficient (Wildman–Crippen LogP) is 1.28. The van der Waals surface area contributed by atoms with E-state index in [1.807, 2.05) is 6.92 Å². The molecule has 0 aliphatic carbocycles. The SMILES string of the molecule is C=CS(=O)(=O)CCCOC(=O)CCC. The van der Waals surface area contributed by atoms with Gasteiger partial charge in [0.05, 0.1) is 12.4 Å². The average Bonchev–Trinajstić information content (AvgIpc) is 2.13. The number of rotatable bonds is 7. The van der Waals surface area contributed by atoms with E-state index in [0.717, 1.165) is 11.8 Å². The van der Waals surface area contributed by atoms with E-state index in [0.29, 0.717) is 12.8 Å². The van der Waals surface area contributed by atoms with Crippen LogP contribution in [0, 0.1) is 0 Å². The lowest BCUT2D eigenvalue weighted by Crippen LogP contribution is -2.09. The molecule has 0 bridgehead atoms. The summed E-state index contributed by atoms with van der Waals surface area (Å²) in [6.45, 7) is 5.22. The lowest BCUT2D eigenvalue weighted by molar-refractivity contribution is -0.143. The van der Waals surface area contributed by atoms with Crippen LogP contribution in [0.5, 0.6) is 0 Å². The van der Waals surface area contributed by atoms with Gasteiger partial charge in [-0.2, -0.15) is 0 Å². The van der Waals surface area contributed by atoms with Crippen LogP contribution in [0.25, 0.3) is 0 Å². The van der Waals surface area contributed by atoms with E-state index < -0.39 is 9.84 Å². The van der Waals surface area contributed by atoms with Crippen LogP contribution in [0.1, 0.15) is 26.2 Å². The molecular weight excluding hydrogens is 204 g/mol. The summed E-state index contributed by atoms with van der Waals surface area (Å²) in [4.78, 5) is 10.8. The highest BCUT2D eigenvalue weighted by molar-refractivity contribution is 7.94. The van der Waals surface area contributed by atoms with Gasteiger partial charge in [0.2, 0.25) is 0 Å². The molecule has 0 unspecified atom stereocenters. The summed E-state index contributed by atoms with van der Waals surface area (Å²) < 4.78 is 26.6. The normalized spacial score (nSPS) is 10.9. The van der Waals surface area contributed by atoms with Crippen molar-refractivity contribution in [2.45, 2.75) is 26.2 Å². The fourth-order valence-electron chi connectivity index (χ4n) is 0.806. The van der Waals surface area contributed by atoms with E-state index in [1.165, 1.54) is 0 Å². The standard InChI is InChI=1S/C9H16O4S/c1-3-6-9(10)13-7-5-8-14(11,12)4-2/h4H,2-3,5-8H2,1H3. The molecule has 0 aromatic rings. The summed E-state index contributed by atoms with van der Waals surface area (Å²) in [5, 5.41) is 0.918. The Morgan fingerprint density at radius 3 is 2.64 bits per heavy atom. The molecular formula is C9H16O4S. The molecule has 5 heteroatoms. The minimum absolute atomic E-state index is 0.0180. The molecule has 0 fully saturated rings. The third kappa shape index (κ3) is 6.65. The zero-order chi connectivity index (χ0) is 11.0. The molecule has 0 amide bonds. The summed E-state index contributed by atoms with van der Waals surface area (Å²) in [6.07, 6.45) is 1.45. The van der Waals surface area contributed by atoms with E-state index in [9.17, 15) is 13.2 Å². The van der Waals surface area contributed by atoms with Gasteiger partial charge in [-0.25, -0.2) is 8.42 Å². The summed E-state index contributed by atoms with van der Waals surface area (Å²) in [5.41, 5.74) is 0. The van der Waals surface area contributed by atoms with Crippen LogP contribution < -0.4 is 0 Å². The van der Waals surface area contributed by atoms with Crippen LogP contribution in [0.15, 0.2) is 12.0 Å². The minimum Gasteiger partial charge on any atom is -0.466 e. The first-order valence-electron chi connectivity index (χ1n) is 4.52. The Balaban J connectivity index is 3.57. The topological polar surface area (TPSA) is 60.4 Å². The maximum absolute atomic E-state index is 10.9. The number of esters is 1. The number of hydrogen-bond acceptors (Lipinski definition) is 4. The van der Waals surface area contributed by atoms with Crippen LogP contribution in [0.4, 0.5) is 0 Å². The van der Waals surface area contributed by atoms with Gasteiger partial charge < -0.3 is 4.74 Å². The fourth-order valence-corrected chi connectivity index (χ4v) is 1.49. The molecule has 0 aromatic carbocycles. The van der Waals surface area contributed by atoms with Gasteiger partial charge in [0, 0.05) is 11.8 Å². The molecule has 0 rings (SSSR count). The molecule has 4 nitrogen and oxygen atoms in total. The molecule has 0 heterocycles. The second kappa shape index (κ2) is 6.59. The van der Waals surface area contributed by atoms with Crippen molar-refractivity contribution in [1.29, 1.82) is 0 Å². The zero-order valence-electron chi connectivity index (χ0n) is 8.36. The number of sulfone groups is 1. The molecule has 0 spiro atoms. The first kappa shape index (κ1) is 13.2. The fraction of sp³-hybridized carbons (Fsp3) is 0.667. The van der Waals surface area contributed by atoms with Crippen molar-refractivity contribution in [3.63, 3.8) is 0 Å². The summed E-state index contributed by atoms with van der Waals surface area (Å²) >= 11 is 0. The van der Waals surface area contributed by atoms with E-state index in [2.05, 4.69) is 6.58 Å². The maximum Gasteiger partial charge on any atom is 0.305 e. The third-order valence-electron chi connectivity index (χ3n) is 1.54.